The summed E-state index contributed by atoms with van der Waals surface area (Å²) in [5.41, 5.74) is 0. The molecule has 0 radical (unpaired) electrons. The summed E-state index contributed by atoms with van der Waals surface area (Å²) in [6.45, 7) is 4.35. The summed E-state index contributed by atoms with van der Waals surface area (Å²) in [7, 11) is -10.3. The Morgan fingerprint density at radius 1 is 0.366 bits per heavy atom. The maximum absolute atomic E-state index is 12.9. The molecule has 0 saturated heterocycles. The molecule has 0 aromatic heterocycles. The van der Waals surface area contributed by atoms with Gasteiger partial charge in [-0.15, -0.1) is 0 Å². The second kappa shape index (κ2) is 71.3. The van der Waals surface area contributed by atoms with E-state index in [2.05, 4.69) is 98.9 Å². The molecule has 0 heterocycles. The molecule has 0 amide bonds. The van der Waals surface area contributed by atoms with Gasteiger partial charge in [-0.2, -0.15) is 0 Å². The fourth-order valence-electron chi connectivity index (χ4n) is 9.04. The number of unbranched alkanes of at least 4 members (excludes halogenated alkanes) is 24. The Morgan fingerprint density at radius 3 is 1.01 bits per heavy atom. The smallest absolute Gasteiger partial charge is 0.756 e. The summed E-state index contributed by atoms with van der Waals surface area (Å²) in [4.78, 5) is 76.8. The molecule has 0 aromatic rings. The molecule has 524 valence electrons. The summed E-state index contributed by atoms with van der Waals surface area (Å²) in [6.07, 6.45) is 63.4. The summed E-state index contributed by atoms with van der Waals surface area (Å²) < 4.78 is 67.2. The second-order valence-corrected chi connectivity index (χ2v) is 25.9. The number of hydrogen-bond donors (Lipinski definition) is 1. The van der Waals surface area contributed by atoms with Crippen LogP contribution in [0.3, 0.4) is 0 Å². The van der Waals surface area contributed by atoms with Crippen LogP contribution in [0.1, 0.15) is 278 Å². The third-order valence-electron chi connectivity index (χ3n) is 14.4. The first-order chi connectivity index (χ1) is 44.2. The van der Waals surface area contributed by atoms with E-state index in [9.17, 15) is 43.2 Å². The number of hydrogen-bond acceptors (Lipinski definition) is 17. The van der Waals surface area contributed by atoms with Crippen LogP contribution >= 0.6 is 15.6 Å². The van der Waals surface area contributed by atoms with E-state index >= 15 is 0 Å². The van der Waals surface area contributed by atoms with Gasteiger partial charge in [-0.25, -0.2) is 0 Å². The van der Waals surface area contributed by atoms with Crippen molar-refractivity contribution in [3.63, 3.8) is 0 Å². The number of carbonyl (C=O) groups is 4. The van der Waals surface area contributed by atoms with Gasteiger partial charge in [0.15, 0.2) is 6.10 Å². The standard InChI is InChI=1S/C72H124O17P2.2Na/c1-5-9-13-17-21-25-29-31-33-35-37-41-44-48-52-56-70(75)83-64-68(89-72(77)58-54-50-45-40-28-24-20-16-12-8-4)65-87-91(80,81)86-62-66(73)61-85-90(78,79)84-60-59-67(63-82-69(74)55-51-47-43-39-27-23-19-15-11-7-3)88-71(76)57-53-49-46-42-38-36-34-32-30-26-22-18-14-10-6-2;;/h7-8,11-12,19-20,23-26,29-30,33-36,66-68,73H,5-6,9-10,13-18,21-22,27-28,31-32,37-65H2,1-4H3,(H,78,79)(H,80,81);;/q;2*+1/p-2. The van der Waals surface area contributed by atoms with Crippen LogP contribution in [0.25, 0.3) is 0 Å². The minimum atomic E-state index is -5.22. The third kappa shape index (κ3) is 71.1. The van der Waals surface area contributed by atoms with Crippen LogP contribution in [-0.2, 0) is 65.4 Å². The van der Waals surface area contributed by atoms with E-state index < -0.39 is 90.9 Å². The Kier molecular flexibility index (Phi) is 72.9. The van der Waals surface area contributed by atoms with Gasteiger partial charge < -0.3 is 51.9 Å². The Bertz CT molecular complexity index is 2130. The SMILES string of the molecule is CC=CCC=CCCCCCCC(=O)OCC(CCOP(=O)([O-])OCC(O)COP(=O)([O-])OCC(COC(=O)CCCCCCC=CCC=CCCCCCC)OC(=O)CCCCCCC=CCC=CC)OC(=O)CCCCCCC=CCC=CCCCCCC.[Na+].[Na+]. The molecule has 1 N–H and O–H groups in total. The molecule has 5 unspecified atom stereocenters. The Labute approximate surface area is 607 Å². The van der Waals surface area contributed by atoms with Gasteiger partial charge in [0.25, 0.3) is 15.6 Å². The normalized spacial score (nSPS) is 14.4. The molecule has 21 heteroatoms. The van der Waals surface area contributed by atoms with Crippen molar-refractivity contribution in [2.75, 3.05) is 39.6 Å². The minimum absolute atomic E-state index is 0. The van der Waals surface area contributed by atoms with Crippen molar-refractivity contribution in [3.05, 3.63) is 97.2 Å². The van der Waals surface area contributed by atoms with Gasteiger partial charge >= 0.3 is 83.0 Å². The van der Waals surface area contributed by atoms with Crippen molar-refractivity contribution >= 4 is 39.5 Å². The summed E-state index contributed by atoms with van der Waals surface area (Å²) in [6, 6.07) is 0. The number of aliphatic hydroxyl groups is 1. The predicted octanol–water partition coefficient (Wildman–Crippen LogP) is 12.0. The largest absolute Gasteiger partial charge is 1.00 e. The molecule has 0 aliphatic heterocycles. The number of aliphatic hydroxyl groups excluding tert-OH is 1. The molecule has 0 bridgehead atoms. The average Bonchev–Trinajstić information content (AvgIpc) is 2.95. The molecule has 0 saturated carbocycles. The van der Waals surface area contributed by atoms with E-state index in [0.717, 1.165) is 141 Å². The average molecular weight is 1370 g/mol. The first-order valence-corrected chi connectivity index (χ1v) is 37.8. The molecule has 5 atom stereocenters. The van der Waals surface area contributed by atoms with Gasteiger partial charge in [-0.1, -0.05) is 201 Å². The summed E-state index contributed by atoms with van der Waals surface area (Å²) in [5, 5.41) is 10.5. The molecule has 0 fully saturated rings. The molecule has 0 rings (SSSR count). The van der Waals surface area contributed by atoms with Crippen LogP contribution in [-0.4, -0.2) is 86.9 Å². The molecular weight excluding hydrogens is 1240 g/mol. The number of carbonyl (C=O) groups excluding carboxylic acids is 4. The van der Waals surface area contributed by atoms with Crippen molar-refractivity contribution in [1.29, 1.82) is 0 Å². The number of phosphoric acid groups is 2. The van der Waals surface area contributed by atoms with Gasteiger partial charge in [0.05, 0.1) is 26.4 Å². The molecule has 0 aliphatic rings. The monoisotopic (exact) mass is 1370 g/mol. The third-order valence-corrected chi connectivity index (χ3v) is 16.3. The summed E-state index contributed by atoms with van der Waals surface area (Å²) in [5.74, 6) is -2.17. The van der Waals surface area contributed by atoms with Crippen LogP contribution in [0.2, 0.25) is 0 Å². The van der Waals surface area contributed by atoms with E-state index in [1.807, 2.05) is 26.0 Å². The maximum Gasteiger partial charge on any atom is 1.00 e. The van der Waals surface area contributed by atoms with Crippen LogP contribution in [0.4, 0.5) is 0 Å². The molecule has 0 spiro atoms. The van der Waals surface area contributed by atoms with Gasteiger partial charge in [0, 0.05) is 32.1 Å². The van der Waals surface area contributed by atoms with Crippen molar-refractivity contribution in [2.45, 2.75) is 296 Å². The van der Waals surface area contributed by atoms with Gasteiger partial charge in [-0.3, -0.25) is 28.3 Å². The molecular formula is C72H122Na2O17P2. The zero-order chi connectivity index (χ0) is 66.8. The second-order valence-electron chi connectivity index (χ2n) is 23.1. The Balaban J connectivity index is -0.0000405. The van der Waals surface area contributed by atoms with Gasteiger partial charge in [0.1, 0.15) is 25.4 Å². The molecule has 93 heavy (non-hydrogen) atoms. The number of ether oxygens (including phenoxy) is 4. The first kappa shape index (κ1) is 95.2. The van der Waals surface area contributed by atoms with E-state index in [-0.39, 0.29) is 97.8 Å². The first-order valence-electron chi connectivity index (χ1n) is 34.9. The topological polar surface area (TPSA) is 243 Å². The van der Waals surface area contributed by atoms with Gasteiger partial charge in [-0.05, 0) is 142 Å². The fraction of sp³-hybridized carbons (Fsp3) is 0.722. The fourth-order valence-corrected chi connectivity index (χ4v) is 10.6. The summed E-state index contributed by atoms with van der Waals surface area (Å²) >= 11 is 0. The van der Waals surface area contributed by atoms with Crippen LogP contribution in [0, 0.1) is 0 Å². The zero-order valence-electron chi connectivity index (χ0n) is 58.7. The Hall–Kier alpha value is -2.02. The van der Waals surface area contributed by atoms with E-state index in [0.29, 0.717) is 25.7 Å². The molecule has 0 aliphatic carbocycles. The maximum atomic E-state index is 12.9. The van der Waals surface area contributed by atoms with Crippen LogP contribution in [0.15, 0.2) is 97.2 Å². The van der Waals surface area contributed by atoms with Crippen LogP contribution < -0.4 is 68.9 Å². The number of esters is 4. The van der Waals surface area contributed by atoms with Crippen molar-refractivity contribution in [1.82, 2.24) is 0 Å². The van der Waals surface area contributed by atoms with E-state index in [4.69, 9.17) is 37.0 Å². The number of rotatable bonds is 65. The zero-order valence-corrected chi connectivity index (χ0v) is 64.5. The predicted molar refractivity (Wildman–Crippen MR) is 363 cm³/mol. The number of allylic oxidation sites excluding steroid dienone is 16. The van der Waals surface area contributed by atoms with Crippen molar-refractivity contribution in [2.24, 2.45) is 0 Å². The van der Waals surface area contributed by atoms with Crippen LogP contribution in [0.5, 0.6) is 0 Å². The van der Waals surface area contributed by atoms with E-state index in [1.165, 1.54) is 51.4 Å². The van der Waals surface area contributed by atoms with Gasteiger partial charge in [0.2, 0.25) is 0 Å². The quantitative estimate of drug-likeness (QED) is 0.0149. The Morgan fingerprint density at radius 2 is 0.656 bits per heavy atom. The van der Waals surface area contributed by atoms with E-state index in [1.54, 1.807) is 0 Å². The van der Waals surface area contributed by atoms with Crippen molar-refractivity contribution < 1.29 is 139 Å². The minimum Gasteiger partial charge on any atom is -0.756 e. The molecule has 0 aromatic carbocycles. The van der Waals surface area contributed by atoms with Crippen molar-refractivity contribution in [3.8, 4) is 0 Å². The number of phosphoric ester groups is 2. The molecule has 17 nitrogen and oxygen atoms in total.